The van der Waals surface area contributed by atoms with Crippen molar-refractivity contribution in [2.45, 2.75) is 31.7 Å². The summed E-state index contributed by atoms with van der Waals surface area (Å²) in [4.78, 5) is 11.8. The lowest BCUT2D eigenvalue weighted by atomic mass is 10.1. The van der Waals surface area contributed by atoms with Crippen LogP contribution >= 0.6 is 0 Å². The molecule has 1 aliphatic rings. The Hall–Kier alpha value is -1.76. The molecule has 1 aromatic rings. The van der Waals surface area contributed by atoms with Gasteiger partial charge in [-0.25, -0.2) is 0 Å². The van der Waals surface area contributed by atoms with Crippen molar-refractivity contribution >= 4 is 5.91 Å². The molecule has 116 valence electrons. The van der Waals surface area contributed by atoms with Crippen LogP contribution in [0.15, 0.2) is 24.3 Å². The third-order valence-corrected chi connectivity index (χ3v) is 3.41. The third-order valence-electron chi connectivity index (χ3n) is 3.41. The van der Waals surface area contributed by atoms with Gasteiger partial charge in [0.2, 0.25) is 0 Å². The van der Waals surface area contributed by atoms with Crippen LogP contribution in [0, 0.1) is 5.92 Å². The van der Waals surface area contributed by atoms with E-state index in [4.69, 9.17) is 0 Å². The average Bonchev–Trinajstić information content (AvgIpc) is 2.81. The monoisotopic (exact) mass is 303 g/mol. The first kappa shape index (κ1) is 15.6. The highest BCUT2D eigenvalue weighted by atomic mass is 19.4. The molecule has 0 heterocycles. The van der Waals surface area contributed by atoms with Crippen molar-refractivity contribution in [3.63, 3.8) is 0 Å². The zero-order valence-corrected chi connectivity index (χ0v) is 11.2. The quantitative estimate of drug-likeness (QED) is 0.898. The Kier molecular flexibility index (Phi) is 4.72. The van der Waals surface area contributed by atoms with Crippen LogP contribution < -0.4 is 10.1 Å². The molecule has 0 bridgehead atoms. The first-order chi connectivity index (χ1) is 9.83. The number of nitrogens with one attached hydrogen (secondary N) is 1. The van der Waals surface area contributed by atoms with Crippen LogP contribution in [0.4, 0.5) is 13.2 Å². The van der Waals surface area contributed by atoms with Crippen molar-refractivity contribution in [2.75, 3.05) is 6.54 Å². The molecule has 7 heteroatoms. The molecular weight excluding hydrogens is 287 g/mol. The molecule has 2 unspecified atom stereocenters. The van der Waals surface area contributed by atoms with Gasteiger partial charge in [0.1, 0.15) is 5.75 Å². The van der Waals surface area contributed by atoms with Crippen LogP contribution in [-0.4, -0.2) is 30.0 Å². The Morgan fingerprint density at radius 2 is 1.95 bits per heavy atom. The SMILES string of the molecule is O=C(NCC1CCC(O)C1)c1ccc(OC(F)(F)F)cc1. The molecule has 1 amide bonds. The highest BCUT2D eigenvalue weighted by Gasteiger charge is 2.31. The van der Waals surface area contributed by atoms with E-state index in [0.717, 1.165) is 25.0 Å². The molecular formula is C14H16F3NO3. The van der Waals surface area contributed by atoms with Gasteiger partial charge in [0, 0.05) is 12.1 Å². The van der Waals surface area contributed by atoms with E-state index in [1.807, 2.05) is 0 Å². The van der Waals surface area contributed by atoms with Gasteiger partial charge in [-0.15, -0.1) is 13.2 Å². The van der Waals surface area contributed by atoms with Gasteiger partial charge in [0.25, 0.3) is 5.91 Å². The lowest BCUT2D eigenvalue weighted by Crippen LogP contribution is -2.28. The second-order valence-electron chi connectivity index (χ2n) is 5.12. The lowest BCUT2D eigenvalue weighted by molar-refractivity contribution is -0.274. The highest BCUT2D eigenvalue weighted by Crippen LogP contribution is 2.25. The molecule has 2 rings (SSSR count). The van der Waals surface area contributed by atoms with Gasteiger partial charge in [-0.3, -0.25) is 4.79 Å². The minimum Gasteiger partial charge on any atom is -0.406 e. The molecule has 1 aromatic carbocycles. The maximum Gasteiger partial charge on any atom is 0.573 e. The number of alkyl halides is 3. The number of carbonyl (C=O) groups excluding carboxylic acids is 1. The maximum atomic E-state index is 12.0. The molecule has 1 fully saturated rings. The summed E-state index contributed by atoms with van der Waals surface area (Å²) in [6.45, 7) is 0.455. The number of halogens is 3. The number of aliphatic hydroxyl groups is 1. The van der Waals surface area contributed by atoms with Crippen LogP contribution in [0.1, 0.15) is 29.6 Å². The summed E-state index contributed by atoms with van der Waals surface area (Å²) in [5.74, 6) is -0.468. The molecule has 0 aliphatic heterocycles. The number of aliphatic hydroxyl groups excluding tert-OH is 1. The first-order valence-corrected chi connectivity index (χ1v) is 6.65. The Bertz CT molecular complexity index is 487. The Morgan fingerprint density at radius 1 is 1.29 bits per heavy atom. The summed E-state index contributed by atoms with van der Waals surface area (Å²) in [5, 5.41) is 12.1. The third kappa shape index (κ3) is 4.93. The number of hydrogen-bond donors (Lipinski definition) is 2. The summed E-state index contributed by atoms with van der Waals surface area (Å²) >= 11 is 0. The molecule has 4 nitrogen and oxygen atoms in total. The standard InChI is InChI=1S/C14H16F3NO3/c15-14(16,17)21-12-5-2-10(3-6-12)13(20)18-8-9-1-4-11(19)7-9/h2-3,5-6,9,11,19H,1,4,7-8H2,(H,18,20). The minimum absolute atomic E-state index is 0.247. The lowest BCUT2D eigenvalue weighted by Gasteiger charge is -2.12. The molecule has 1 saturated carbocycles. The summed E-state index contributed by atoms with van der Waals surface area (Å²) < 4.78 is 39.7. The summed E-state index contributed by atoms with van der Waals surface area (Å²) in [7, 11) is 0. The highest BCUT2D eigenvalue weighted by molar-refractivity contribution is 5.94. The first-order valence-electron chi connectivity index (χ1n) is 6.65. The van der Waals surface area contributed by atoms with Crippen molar-refractivity contribution in [3.05, 3.63) is 29.8 Å². The van der Waals surface area contributed by atoms with Gasteiger partial charge < -0.3 is 15.2 Å². The second-order valence-corrected chi connectivity index (χ2v) is 5.12. The van der Waals surface area contributed by atoms with Crippen LogP contribution in [0.2, 0.25) is 0 Å². The zero-order chi connectivity index (χ0) is 15.5. The van der Waals surface area contributed by atoms with Crippen molar-refractivity contribution in [3.8, 4) is 5.75 Å². The molecule has 0 saturated heterocycles. The maximum absolute atomic E-state index is 12.0. The van der Waals surface area contributed by atoms with Crippen LogP contribution in [0.5, 0.6) is 5.75 Å². The van der Waals surface area contributed by atoms with Crippen molar-refractivity contribution in [1.82, 2.24) is 5.32 Å². The van der Waals surface area contributed by atoms with Gasteiger partial charge in [-0.05, 0) is 49.4 Å². The van der Waals surface area contributed by atoms with E-state index in [1.54, 1.807) is 0 Å². The largest absolute Gasteiger partial charge is 0.573 e. The minimum atomic E-state index is -4.74. The van der Waals surface area contributed by atoms with E-state index in [9.17, 15) is 23.1 Å². The molecule has 2 atom stereocenters. The Labute approximate surface area is 119 Å². The van der Waals surface area contributed by atoms with Crippen LogP contribution in [0.25, 0.3) is 0 Å². The Balaban J connectivity index is 1.85. The number of hydrogen-bond acceptors (Lipinski definition) is 3. The van der Waals surface area contributed by atoms with Gasteiger partial charge in [-0.1, -0.05) is 0 Å². The van der Waals surface area contributed by atoms with Crippen LogP contribution in [-0.2, 0) is 0 Å². The fraction of sp³-hybridized carbons (Fsp3) is 0.500. The molecule has 1 aliphatic carbocycles. The van der Waals surface area contributed by atoms with E-state index < -0.39 is 6.36 Å². The van der Waals surface area contributed by atoms with Crippen LogP contribution in [0.3, 0.4) is 0 Å². The fourth-order valence-electron chi connectivity index (χ4n) is 2.38. The zero-order valence-electron chi connectivity index (χ0n) is 11.2. The van der Waals surface area contributed by atoms with Crippen molar-refractivity contribution < 1.29 is 27.8 Å². The molecule has 21 heavy (non-hydrogen) atoms. The normalized spacial score (nSPS) is 22.1. The van der Waals surface area contributed by atoms with E-state index in [1.165, 1.54) is 12.1 Å². The topological polar surface area (TPSA) is 58.6 Å². The smallest absolute Gasteiger partial charge is 0.406 e. The molecule has 0 spiro atoms. The van der Waals surface area contributed by atoms with E-state index in [0.29, 0.717) is 13.0 Å². The number of carbonyl (C=O) groups is 1. The number of rotatable bonds is 4. The van der Waals surface area contributed by atoms with Gasteiger partial charge in [-0.2, -0.15) is 0 Å². The van der Waals surface area contributed by atoms with E-state index >= 15 is 0 Å². The second kappa shape index (κ2) is 6.34. The number of ether oxygens (including phenoxy) is 1. The fourth-order valence-corrected chi connectivity index (χ4v) is 2.38. The average molecular weight is 303 g/mol. The van der Waals surface area contributed by atoms with Gasteiger partial charge in [0.15, 0.2) is 0 Å². The van der Waals surface area contributed by atoms with E-state index in [-0.39, 0.29) is 29.2 Å². The summed E-state index contributed by atoms with van der Waals surface area (Å²) in [5.41, 5.74) is 0.267. The molecule has 2 N–H and O–H groups in total. The Morgan fingerprint density at radius 3 is 2.48 bits per heavy atom. The summed E-state index contributed by atoms with van der Waals surface area (Å²) in [6.07, 6.45) is -2.78. The number of amides is 1. The van der Waals surface area contributed by atoms with Gasteiger partial charge in [0.05, 0.1) is 6.10 Å². The van der Waals surface area contributed by atoms with Crippen molar-refractivity contribution in [1.29, 1.82) is 0 Å². The predicted octanol–water partition coefficient (Wildman–Crippen LogP) is 2.48. The van der Waals surface area contributed by atoms with Gasteiger partial charge >= 0.3 is 6.36 Å². The molecule has 0 radical (unpaired) electrons. The number of benzene rings is 1. The van der Waals surface area contributed by atoms with Crippen molar-refractivity contribution in [2.24, 2.45) is 5.92 Å². The van der Waals surface area contributed by atoms with E-state index in [2.05, 4.69) is 10.1 Å². The molecule has 0 aromatic heterocycles. The summed E-state index contributed by atoms with van der Waals surface area (Å²) in [6, 6.07) is 4.75. The predicted molar refractivity (Wildman–Crippen MR) is 68.8 cm³/mol.